The maximum atomic E-state index is 11.2. The second-order valence-corrected chi connectivity index (χ2v) is 4.16. The number of esters is 1. The summed E-state index contributed by atoms with van der Waals surface area (Å²) < 4.78 is 4.71. The van der Waals surface area contributed by atoms with Gasteiger partial charge in [-0.3, -0.25) is 9.59 Å². The molecule has 88 valence electrons. The van der Waals surface area contributed by atoms with Gasteiger partial charge in [0.05, 0.1) is 18.9 Å². The Balaban J connectivity index is 3.50. The predicted octanol–water partition coefficient (Wildman–Crippen LogP) is 0.366. The number of carboxylic acids is 1. The van der Waals surface area contributed by atoms with Crippen molar-refractivity contribution in [2.45, 2.75) is 13.3 Å². The van der Waals surface area contributed by atoms with Gasteiger partial charge in [0.2, 0.25) is 0 Å². The second-order valence-electron chi connectivity index (χ2n) is 3.01. The third kappa shape index (κ3) is 8.26. The number of carboxylic acid groups (broad SMARTS) is 1. The average molecular weight is 236 g/mol. The van der Waals surface area contributed by atoms with E-state index in [0.717, 1.165) is 0 Å². The number of aliphatic carboxylic acids is 1. The Morgan fingerprint density at radius 1 is 1.47 bits per heavy atom. The van der Waals surface area contributed by atoms with Gasteiger partial charge < -0.3 is 14.9 Å². The van der Waals surface area contributed by atoms with E-state index in [1.807, 2.05) is 0 Å². The second kappa shape index (κ2) is 8.55. The Kier molecular flexibility index (Phi) is 8.12. The lowest BCUT2D eigenvalue weighted by atomic mass is 10.2. The molecule has 5 nitrogen and oxygen atoms in total. The molecule has 0 aliphatic carbocycles. The number of carbonyl (C=O) groups is 2. The molecule has 0 aromatic heterocycles. The molecular weight excluding hydrogens is 220 g/mol. The fourth-order valence-electron chi connectivity index (χ4n) is 0.776. The number of aliphatic hydroxyl groups is 1. The largest absolute Gasteiger partial charge is 0.481 e. The summed E-state index contributed by atoms with van der Waals surface area (Å²) in [6, 6.07) is 0. The van der Waals surface area contributed by atoms with Gasteiger partial charge in [0.25, 0.3) is 0 Å². The summed E-state index contributed by atoms with van der Waals surface area (Å²) in [6.07, 6.45) is 0.100. The fraction of sp³-hybridized carbons (Fsp3) is 0.778. The van der Waals surface area contributed by atoms with E-state index < -0.39 is 5.97 Å². The van der Waals surface area contributed by atoms with Crippen LogP contribution < -0.4 is 0 Å². The number of hydrogen-bond donors (Lipinski definition) is 2. The highest BCUT2D eigenvalue weighted by atomic mass is 32.2. The van der Waals surface area contributed by atoms with Crippen LogP contribution >= 0.6 is 11.8 Å². The first-order valence-corrected chi connectivity index (χ1v) is 5.80. The summed E-state index contributed by atoms with van der Waals surface area (Å²) in [4.78, 5) is 21.4. The van der Waals surface area contributed by atoms with E-state index in [0.29, 0.717) is 11.5 Å². The number of hydrogen-bond acceptors (Lipinski definition) is 5. The third-order valence-electron chi connectivity index (χ3n) is 1.57. The Labute approximate surface area is 92.8 Å². The number of aliphatic hydroxyl groups excluding tert-OH is 1. The van der Waals surface area contributed by atoms with Crippen molar-refractivity contribution >= 4 is 23.7 Å². The number of rotatable bonds is 8. The summed E-state index contributed by atoms with van der Waals surface area (Å²) in [6.45, 7) is 1.56. The zero-order valence-electron chi connectivity index (χ0n) is 8.64. The highest BCUT2D eigenvalue weighted by molar-refractivity contribution is 7.99. The maximum Gasteiger partial charge on any atom is 0.309 e. The number of thioether (sulfide) groups is 1. The number of ether oxygens (including phenoxy) is 1. The van der Waals surface area contributed by atoms with Crippen LogP contribution in [0.15, 0.2) is 0 Å². The molecule has 0 radical (unpaired) electrons. The maximum absolute atomic E-state index is 11.2. The van der Waals surface area contributed by atoms with Gasteiger partial charge in [-0.05, 0) is 0 Å². The zero-order valence-corrected chi connectivity index (χ0v) is 9.46. The van der Waals surface area contributed by atoms with Crippen LogP contribution in [0.2, 0.25) is 0 Å². The average Bonchev–Trinajstić information content (AvgIpc) is 2.20. The van der Waals surface area contributed by atoms with Crippen molar-refractivity contribution in [3.05, 3.63) is 0 Å². The van der Waals surface area contributed by atoms with E-state index in [9.17, 15) is 9.59 Å². The summed E-state index contributed by atoms with van der Waals surface area (Å²) in [7, 11) is 0. The minimum atomic E-state index is -0.835. The lowest BCUT2D eigenvalue weighted by Crippen LogP contribution is -2.18. The summed E-state index contributed by atoms with van der Waals surface area (Å²) >= 11 is 1.41. The van der Waals surface area contributed by atoms with Crippen LogP contribution in [0.4, 0.5) is 0 Å². The van der Waals surface area contributed by atoms with Gasteiger partial charge in [-0.15, -0.1) is 0 Å². The smallest absolute Gasteiger partial charge is 0.309 e. The number of carbonyl (C=O) groups excluding carboxylic acids is 1. The van der Waals surface area contributed by atoms with Crippen LogP contribution in [0, 0.1) is 5.92 Å². The van der Waals surface area contributed by atoms with Crippen molar-refractivity contribution in [1.82, 2.24) is 0 Å². The minimum Gasteiger partial charge on any atom is -0.481 e. The third-order valence-corrected chi connectivity index (χ3v) is 2.79. The first-order valence-electron chi connectivity index (χ1n) is 4.65. The van der Waals surface area contributed by atoms with Crippen molar-refractivity contribution in [2.24, 2.45) is 5.92 Å². The van der Waals surface area contributed by atoms with Crippen molar-refractivity contribution in [1.29, 1.82) is 0 Å². The normalized spacial score (nSPS) is 12.1. The van der Waals surface area contributed by atoms with Crippen molar-refractivity contribution in [3.8, 4) is 0 Å². The fourth-order valence-corrected chi connectivity index (χ4v) is 1.75. The summed E-state index contributed by atoms with van der Waals surface area (Å²) in [5.74, 6) is -0.426. The van der Waals surface area contributed by atoms with Crippen LogP contribution in [0.3, 0.4) is 0 Å². The van der Waals surface area contributed by atoms with E-state index in [-0.39, 0.29) is 31.5 Å². The molecule has 0 aliphatic rings. The Bertz CT molecular complexity index is 207. The quantitative estimate of drug-likeness (QED) is 0.468. The van der Waals surface area contributed by atoms with Gasteiger partial charge in [-0.1, -0.05) is 6.92 Å². The SMILES string of the molecule is CC(CSCCC(=O)O)C(=O)OCCO. The van der Waals surface area contributed by atoms with E-state index in [2.05, 4.69) is 0 Å². The first kappa shape index (κ1) is 14.2. The molecule has 0 aliphatic heterocycles. The van der Waals surface area contributed by atoms with Crippen LogP contribution in [0.5, 0.6) is 0 Å². The van der Waals surface area contributed by atoms with Gasteiger partial charge in [0.15, 0.2) is 0 Å². The molecule has 0 aromatic carbocycles. The van der Waals surface area contributed by atoms with E-state index >= 15 is 0 Å². The zero-order chi connectivity index (χ0) is 11.7. The van der Waals surface area contributed by atoms with Crippen molar-refractivity contribution in [3.63, 3.8) is 0 Å². The minimum absolute atomic E-state index is 0.0168. The predicted molar refractivity (Wildman–Crippen MR) is 56.8 cm³/mol. The first-order chi connectivity index (χ1) is 7.07. The van der Waals surface area contributed by atoms with Crippen molar-refractivity contribution in [2.75, 3.05) is 24.7 Å². The summed E-state index contributed by atoms with van der Waals surface area (Å²) in [5, 5.41) is 16.8. The van der Waals surface area contributed by atoms with Crippen molar-refractivity contribution < 1.29 is 24.5 Å². The Morgan fingerprint density at radius 3 is 2.67 bits per heavy atom. The molecule has 2 N–H and O–H groups in total. The molecule has 1 unspecified atom stereocenters. The molecular formula is C9H16O5S. The standard InChI is InChI=1S/C9H16O5S/c1-7(9(13)14-4-3-10)6-15-5-2-8(11)12/h7,10H,2-6H2,1H3,(H,11,12). The molecule has 0 fully saturated rings. The molecule has 15 heavy (non-hydrogen) atoms. The molecule has 6 heteroatoms. The van der Waals surface area contributed by atoms with Gasteiger partial charge in [0, 0.05) is 11.5 Å². The van der Waals surface area contributed by atoms with E-state index in [4.69, 9.17) is 14.9 Å². The van der Waals surface area contributed by atoms with E-state index in [1.165, 1.54) is 11.8 Å². The molecule has 0 bridgehead atoms. The monoisotopic (exact) mass is 236 g/mol. The van der Waals surface area contributed by atoms with Gasteiger partial charge >= 0.3 is 11.9 Å². The Morgan fingerprint density at radius 2 is 2.13 bits per heavy atom. The van der Waals surface area contributed by atoms with Crippen LogP contribution in [0.1, 0.15) is 13.3 Å². The lowest BCUT2D eigenvalue weighted by molar-refractivity contribution is -0.148. The van der Waals surface area contributed by atoms with E-state index in [1.54, 1.807) is 6.92 Å². The lowest BCUT2D eigenvalue weighted by Gasteiger charge is -2.09. The molecule has 1 atom stereocenters. The van der Waals surface area contributed by atoms with Gasteiger partial charge in [-0.2, -0.15) is 11.8 Å². The molecule has 0 aromatic rings. The summed E-state index contributed by atoms with van der Waals surface area (Å²) in [5.41, 5.74) is 0. The molecule has 0 spiro atoms. The van der Waals surface area contributed by atoms with Gasteiger partial charge in [0.1, 0.15) is 6.61 Å². The highest BCUT2D eigenvalue weighted by Crippen LogP contribution is 2.10. The molecule has 0 saturated heterocycles. The molecule has 0 rings (SSSR count). The highest BCUT2D eigenvalue weighted by Gasteiger charge is 2.14. The molecule has 0 saturated carbocycles. The molecule has 0 amide bonds. The Hall–Kier alpha value is -0.750. The van der Waals surface area contributed by atoms with Gasteiger partial charge in [-0.25, -0.2) is 0 Å². The van der Waals surface area contributed by atoms with Crippen LogP contribution in [-0.2, 0) is 14.3 Å². The van der Waals surface area contributed by atoms with Crippen LogP contribution in [-0.4, -0.2) is 46.9 Å². The van der Waals surface area contributed by atoms with Crippen LogP contribution in [0.25, 0.3) is 0 Å². The molecule has 0 heterocycles. The topological polar surface area (TPSA) is 83.8 Å².